The zero-order valence-corrected chi connectivity index (χ0v) is 15.0. The third kappa shape index (κ3) is 2.46. The molecule has 0 amide bonds. The lowest BCUT2D eigenvalue weighted by Crippen LogP contribution is -2.31. The number of benzene rings is 1. The minimum atomic E-state index is -0.739. The lowest BCUT2D eigenvalue weighted by atomic mass is 9.79. The number of aryl methyl sites for hydroxylation is 1. The number of hydrogen-bond acceptors (Lipinski definition) is 6. The minimum absolute atomic E-state index is 0.0980. The van der Waals surface area contributed by atoms with Crippen LogP contribution in [0.3, 0.4) is 0 Å². The molecule has 0 aliphatic carbocycles. The third-order valence-electron chi connectivity index (χ3n) is 4.45. The topological polar surface area (TPSA) is 104 Å². The zero-order chi connectivity index (χ0) is 17.6. The van der Waals surface area contributed by atoms with Gasteiger partial charge in [0.05, 0.1) is 6.07 Å². The highest BCUT2D eigenvalue weighted by Gasteiger charge is 2.41. The molecule has 25 heavy (non-hydrogen) atoms. The normalized spacial score (nSPS) is 20.8. The number of aromatic amines is 1. The highest BCUT2D eigenvalue weighted by atomic mass is 79.9. The number of rotatable bonds is 3. The van der Waals surface area contributed by atoms with Gasteiger partial charge < -0.3 is 14.2 Å². The van der Waals surface area contributed by atoms with Crippen LogP contribution in [0.5, 0.6) is 17.4 Å². The van der Waals surface area contributed by atoms with Gasteiger partial charge in [-0.05, 0) is 24.1 Å². The Bertz CT molecular complexity index is 902. The third-order valence-corrected chi connectivity index (χ3v) is 5.13. The van der Waals surface area contributed by atoms with E-state index in [1.54, 1.807) is 0 Å². The molecule has 0 saturated carbocycles. The van der Waals surface area contributed by atoms with E-state index >= 15 is 0 Å². The van der Waals surface area contributed by atoms with E-state index in [0.717, 1.165) is 34.1 Å². The van der Waals surface area contributed by atoms with Gasteiger partial charge >= 0.3 is 0 Å². The standard InChI is InChI=1S/C17H15BrN4O3/c1-2-3-11-15-14(9(6-19)16(20)25-17(15)22-21-11)8-4-12-13(5-10(8)18)24-7-23-12/h4-5,9,14,20H,2-3,7H2,1H3,(H,21,22). The molecule has 3 heterocycles. The molecule has 2 N–H and O–H groups in total. The summed E-state index contributed by atoms with van der Waals surface area (Å²) in [6.07, 6.45) is 1.72. The molecule has 8 heteroatoms. The molecule has 2 unspecified atom stereocenters. The predicted molar refractivity (Wildman–Crippen MR) is 92.1 cm³/mol. The number of ether oxygens (including phenoxy) is 3. The van der Waals surface area contributed by atoms with E-state index in [9.17, 15) is 5.26 Å². The monoisotopic (exact) mass is 402 g/mol. The van der Waals surface area contributed by atoms with Gasteiger partial charge in [0.1, 0.15) is 5.92 Å². The Labute approximate surface area is 152 Å². The molecule has 2 aliphatic heterocycles. The molecule has 0 spiro atoms. The Balaban J connectivity index is 1.92. The Hall–Kier alpha value is -2.53. The molecule has 2 aliphatic rings. The zero-order valence-electron chi connectivity index (χ0n) is 13.4. The average molecular weight is 403 g/mol. The van der Waals surface area contributed by atoms with E-state index in [2.05, 4.69) is 39.1 Å². The summed E-state index contributed by atoms with van der Waals surface area (Å²) in [7, 11) is 0. The van der Waals surface area contributed by atoms with E-state index in [1.807, 2.05) is 12.1 Å². The van der Waals surface area contributed by atoms with Crippen molar-refractivity contribution in [2.45, 2.75) is 25.7 Å². The first kappa shape index (κ1) is 16.0. The number of hydrogen-bond donors (Lipinski definition) is 2. The van der Waals surface area contributed by atoms with Crippen LogP contribution in [0.15, 0.2) is 16.6 Å². The average Bonchev–Trinajstić information content (AvgIpc) is 3.20. The van der Waals surface area contributed by atoms with Crippen LogP contribution in [0.1, 0.15) is 36.1 Å². The first-order valence-electron chi connectivity index (χ1n) is 7.96. The largest absolute Gasteiger partial charge is 0.454 e. The van der Waals surface area contributed by atoms with Crippen LogP contribution < -0.4 is 14.2 Å². The Morgan fingerprint density at radius 2 is 2.16 bits per heavy atom. The number of fused-ring (bicyclic) bond motifs is 2. The Kier molecular flexibility index (Phi) is 3.88. The van der Waals surface area contributed by atoms with Crippen molar-refractivity contribution >= 4 is 21.8 Å². The molecular formula is C17H15BrN4O3. The van der Waals surface area contributed by atoms with Gasteiger partial charge in [0, 0.05) is 21.6 Å². The molecule has 0 radical (unpaired) electrons. The quantitative estimate of drug-likeness (QED) is 0.817. The molecular weight excluding hydrogens is 388 g/mol. The van der Waals surface area contributed by atoms with Crippen LogP contribution in [0.25, 0.3) is 0 Å². The maximum absolute atomic E-state index is 9.69. The van der Waals surface area contributed by atoms with Gasteiger partial charge in [-0.2, -0.15) is 5.26 Å². The smallest absolute Gasteiger partial charge is 0.243 e. The van der Waals surface area contributed by atoms with Crippen molar-refractivity contribution < 1.29 is 14.2 Å². The van der Waals surface area contributed by atoms with Gasteiger partial charge in [0.15, 0.2) is 11.5 Å². The Morgan fingerprint density at radius 1 is 1.40 bits per heavy atom. The van der Waals surface area contributed by atoms with Crippen LogP contribution in [0.4, 0.5) is 0 Å². The molecule has 2 atom stereocenters. The van der Waals surface area contributed by atoms with Crippen molar-refractivity contribution in [1.29, 1.82) is 10.7 Å². The molecule has 1 aromatic heterocycles. The van der Waals surface area contributed by atoms with E-state index in [-0.39, 0.29) is 18.6 Å². The van der Waals surface area contributed by atoms with Crippen molar-refractivity contribution in [2.24, 2.45) is 5.92 Å². The van der Waals surface area contributed by atoms with Crippen molar-refractivity contribution in [3.05, 3.63) is 33.4 Å². The van der Waals surface area contributed by atoms with Crippen LogP contribution in [0.2, 0.25) is 0 Å². The summed E-state index contributed by atoms with van der Waals surface area (Å²) in [5.74, 6) is 0.457. The molecule has 1 aromatic carbocycles. The number of aromatic nitrogens is 2. The summed E-state index contributed by atoms with van der Waals surface area (Å²) in [6, 6.07) is 5.92. The highest BCUT2D eigenvalue weighted by molar-refractivity contribution is 9.10. The first-order valence-corrected chi connectivity index (χ1v) is 8.75. The first-order chi connectivity index (χ1) is 12.1. The second-order valence-electron chi connectivity index (χ2n) is 5.95. The number of nitrogens with zero attached hydrogens (tertiary/aromatic N) is 2. The van der Waals surface area contributed by atoms with Crippen molar-refractivity contribution in [3.63, 3.8) is 0 Å². The predicted octanol–water partition coefficient (Wildman–Crippen LogP) is 3.49. The van der Waals surface area contributed by atoms with Crippen molar-refractivity contribution in [2.75, 3.05) is 6.79 Å². The fraction of sp³-hybridized carbons (Fsp3) is 0.353. The molecule has 0 saturated heterocycles. The SMILES string of the molecule is CCCc1[nH]nc2c1C(c1cc3c(cc1Br)OCO3)C(C#N)C(=N)O2. The molecule has 7 nitrogen and oxygen atoms in total. The molecule has 0 fully saturated rings. The van der Waals surface area contributed by atoms with E-state index < -0.39 is 5.92 Å². The summed E-state index contributed by atoms with van der Waals surface area (Å²) in [4.78, 5) is 0. The lowest BCUT2D eigenvalue weighted by molar-refractivity contribution is 0.174. The van der Waals surface area contributed by atoms with E-state index in [4.69, 9.17) is 19.6 Å². The second kappa shape index (κ2) is 6.08. The fourth-order valence-electron chi connectivity index (χ4n) is 3.33. The van der Waals surface area contributed by atoms with Gasteiger partial charge in [0.2, 0.25) is 18.6 Å². The van der Waals surface area contributed by atoms with E-state index in [0.29, 0.717) is 17.4 Å². The maximum Gasteiger partial charge on any atom is 0.243 e. The minimum Gasteiger partial charge on any atom is -0.454 e. The van der Waals surface area contributed by atoms with Gasteiger partial charge in [-0.25, -0.2) is 0 Å². The van der Waals surface area contributed by atoms with E-state index in [1.165, 1.54) is 0 Å². The van der Waals surface area contributed by atoms with Crippen LogP contribution in [-0.4, -0.2) is 22.9 Å². The van der Waals surface area contributed by atoms with Gasteiger partial charge in [-0.1, -0.05) is 29.3 Å². The number of H-pyrrole nitrogens is 1. The number of halogens is 1. The molecule has 0 bridgehead atoms. The summed E-state index contributed by atoms with van der Waals surface area (Å²) < 4.78 is 17.2. The molecule has 4 rings (SSSR count). The highest BCUT2D eigenvalue weighted by Crippen LogP contribution is 2.48. The second-order valence-corrected chi connectivity index (χ2v) is 6.80. The van der Waals surface area contributed by atoms with Gasteiger partial charge in [0.25, 0.3) is 0 Å². The maximum atomic E-state index is 9.69. The number of nitriles is 1. The summed E-state index contributed by atoms with van der Waals surface area (Å²) >= 11 is 3.58. The fourth-order valence-corrected chi connectivity index (χ4v) is 3.90. The van der Waals surface area contributed by atoms with Crippen LogP contribution >= 0.6 is 15.9 Å². The number of nitrogens with one attached hydrogen (secondary N) is 2. The summed E-state index contributed by atoms with van der Waals surface area (Å²) in [5.41, 5.74) is 2.62. The van der Waals surface area contributed by atoms with Crippen molar-refractivity contribution in [3.8, 4) is 23.4 Å². The summed E-state index contributed by atoms with van der Waals surface area (Å²) in [6.45, 7) is 2.25. The Morgan fingerprint density at radius 3 is 2.88 bits per heavy atom. The van der Waals surface area contributed by atoms with Gasteiger partial charge in [-0.15, -0.1) is 5.10 Å². The summed E-state index contributed by atoms with van der Waals surface area (Å²) in [5, 5.41) is 25.0. The van der Waals surface area contributed by atoms with Crippen molar-refractivity contribution in [1.82, 2.24) is 10.2 Å². The molecule has 128 valence electrons. The van der Waals surface area contributed by atoms with Gasteiger partial charge in [-0.3, -0.25) is 10.5 Å². The van der Waals surface area contributed by atoms with Crippen LogP contribution in [0, 0.1) is 22.7 Å². The van der Waals surface area contributed by atoms with Crippen LogP contribution in [-0.2, 0) is 6.42 Å². The molecule has 2 aromatic rings. The lowest BCUT2D eigenvalue weighted by Gasteiger charge is -2.29.